The highest BCUT2D eigenvalue weighted by Gasteiger charge is 2.75. The van der Waals surface area contributed by atoms with E-state index in [1.165, 1.54) is 4.90 Å². The van der Waals surface area contributed by atoms with Crippen LogP contribution >= 0.6 is 0 Å². The second kappa shape index (κ2) is 7.74. The highest BCUT2D eigenvalue weighted by molar-refractivity contribution is 5.99. The van der Waals surface area contributed by atoms with Gasteiger partial charge in [0.15, 0.2) is 0 Å². The van der Waals surface area contributed by atoms with E-state index in [0.29, 0.717) is 19.4 Å². The Morgan fingerprint density at radius 2 is 1.87 bits per heavy atom. The molecule has 0 aromatic heterocycles. The first-order chi connectivity index (χ1) is 14.7. The van der Waals surface area contributed by atoms with Gasteiger partial charge in [0, 0.05) is 12.6 Å². The zero-order valence-corrected chi connectivity index (χ0v) is 18.6. The van der Waals surface area contributed by atoms with Gasteiger partial charge >= 0.3 is 5.97 Å². The molecular weight excluding hydrogens is 400 g/mol. The maximum absolute atomic E-state index is 13.8. The average molecular weight is 433 g/mol. The fourth-order valence-electron chi connectivity index (χ4n) is 5.71. The van der Waals surface area contributed by atoms with E-state index in [4.69, 9.17) is 9.47 Å². The second-order valence-corrected chi connectivity index (χ2v) is 9.24. The lowest BCUT2D eigenvalue weighted by molar-refractivity contribution is -0.163. The molecule has 170 valence electrons. The number of fused-ring (bicyclic) bond motifs is 2. The fourth-order valence-corrected chi connectivity index (χ4v) is 5.71. The third-order valence-electron chi connectivity index (χ3n) is 7.23. The monoisotopic (exact) mass is 432 g/mol. The normalized spacial score (nSPS) is 38.4. The SMILES string of the molecule is CC[C@@]12C=CCCOC(=O)[C@@H]1[C@H]1C(=O)N([C@H](C)CO)C3C(=O)N(C(C)C)CC=C[C@@]31O2. The first-order valence-electron chi connectivity index (χ1n) is 11.2. The maximum Gasteiger partial charge on any atom is 0.313 e. The number of cyclic esters (lactones) is 1. The summed E-state index contributed by atoms with van der Waals surface area (Å²) >= 11 is 0. The van der Waals surface area contributed by atoms with Crippen LogP contribution in [0.15, 0.2) is 24.3 Å². The zero-order chi connectivity index (χ0) is 22.6. The van der Waals surface area contributed by atoms with Gasteiger partial charge in [-0.2, -0.15) is 0 Å². The van der Waals surface area contributed by atoms with Crippen LogP contribution in [-0.4, -0.2) is 81.8 Å². The number of carbonyl (C=O) groups is 3. The smallest absolute Gasteiger partial charge is 0.313 e. The Morgan fingerprint density at radius 3 is 2.52 bits per heavy atom. The van der Waals surface area contributed by atoms with Gasteiger partial charge in [0.1, 0.15) is 23.2 Å². The second-order valence-electron chi connectivity index (χ2n) is 9.24. The van der Waals surface area contributed by atoms with Crippen molar-refractivity contribution in [2.24, 2.45) is 11.8 Å². The Hall–Kier alpha value is -2.19. The van der Waals surface area contributed by atoms with Crippen LogP contribution in [-0.2, 0) is 23.9 Å². The molecule has 0 bridgehead atoms. The zero-order valence-electron chi connectivity index (χ0n) is 18.6. The molecule has 1 unspecified atom stereocenters. The number of esters is 1. The van der Waals surface area contributed by atoms with Crippen molar-refractivity contribution in [3.63, 3.8) is 0 Å². The molecule has 2 fully saturated rings. The van der Waals surface area contributed by atoms with Gasteiger partial charge in [-0.05, 0) is 33.6 Å². The summed E-state index contributed by atoms with van der Waals surface area (Å²) in [6.07, 6.45) is 8.53. The van der Waals surface area contributed by atoms with Crippen molar-refractivity contribution in [3.8, 4) is 0 Å². The van der Waals surface area contributed by atoms with Crippen molar-refractivity contribution in [1.82, 2.24) is 9.80 Å². The summed E-state index contributed by atoms with van der Waals surface area (Å²) < 4.78 is 12.2. The Morgan fingerprint density at radius 1 is 1.13 bits per heavy atom. The number of likely N-dealkylation sites (tertiary alicyclic amines) is 1. The van der Waals surface area contributed by atoms with Crippen LogP contribution in [0.25, 0.3) is 0 Å². The molecule has 2 saturated heterocycles. The molecule has 1 N–H and O–H groups in total. The van der Waals surface area contributed by atoms with Crippen LogP contribution in [0.3, 0.4) is 0 Å². The van der Waals surface area contributed by atoms with E-state index < -0.39 is 41.1 Å². The molecule has 4 aliphatic heterocycles. The molecule has 8 nitrogen and oxygen atoms in total. The molecule has 0 aliphatic carbocycles. The minimum absolute atomic E-state index is 0.0761. The van der Waals surface area contributed by atoms with Gasteiger partial charge in [-0.25, -0.2) is 0 Å². The van der Waals surface area contributed by atoms with Crippen LogP contribution in [0.4, 0.5) is 0 Å². The van der Waals surface area contributed by atoms with E-state index in [9.17, 15) is 19.5 Å². The van der Waals surface area contributed by atoms with E-state index in [1.807, 2.05) is 45.1 Å². The quantitative estimate of drug-likeness (QED) is 0.527. The predicted octanol–water partition coefficient (Wildman–Crippen LogP) is 1.04. The lowest BCUT2D eigenvalue weighted by Crippen LogP contribution is -2.59. The van der Waals surface area contributed by atoms with Gasteiger partial charge in [-0.15, -0.1) is 0 Å². The van der Waals surface area contributed by atoms with E-state index in [2.05, 4.69) is 0 Å². The van der Waals surface area contributed by atoms with E-state index in [-0.39, 0.29) is 31.1 Å². The van der Waals surface area contributed by atoms with Crippen LogP contribution in [0.5, 0.6) is 0 Å². The van der Waals surface area contributed by atoms with Crippen molar-refractivity contribution in [3.05, 3.63) is 24.3 Å². The van der Waals surface area contributed by atoms with Crippen molar-refractivity contribution in [2.45, 2.75) is 69.9 Å². The minimum Gasteiger partial charge on any atom is -0.465 e. The van der Waals surface area contributed by atoms with Gasteiger partial charge in [-0.3, -0.25) is 14.4 Å². The number of carbonyl (C=O) groups excluding carboxylic acids is 3. The number of hydrogen-bond acceptors (Lipinski definition) is 6. The van der Waals surface area contributed by atoms with Crippen molar-refractivity contribution < 1.29 is 29.0 Å². The summed E-state index contributed by atoms with van der Waals surface area (Å²) in [7, 11) is 0. The molecular formula is C23H32N2O6. The summed E-state index contributed by atoms with van der Waals surface area (Å²) in [6, 6.07) is -1.62. The Balaban J connectivity index is 1.93. The van der Waals surface area contributed by atoms with Gasteiger partial charge in [0.05, 0.1) is 25.2 Å². The fraction of sp³-hybridized carbons (Fsp3) is 0.696. The summed E-state index contributed by atoms with van der Waals surface area (Å²) in [5, 5.41) is 9.88. The molecule has 0 aromatic carbocycles. The van der Waals surface area contributed by atoms with E-state index >= 15 is 0 Å². The standard InChI is InChI=1S/C23H32N2O6/c1-5-22-9-6-7-12-30-21(29)17(22)16-19(27)25(15(4)13-26)18-20(28)24(14(2)3)11-8-10-23(16,18)31-22/h6,8-10,14-18,26H,5,7,11-13H2,1-4H3/t15-,16+,17+,18?,22-,23+/m1/s1. The third-order valence-corrected chi connectivity index (χ3v) is 7.23. The molecule has 4 aliphatic rings. The summed E-state index contributed by atoms with van der Waals surface area (Å²) in [4.78, 5) is 44.0. The molecule has 2 amide bonds. The molecule has 4 rings (SSSR count). The van der Waals surface area contributed by atoms with Gasteiger partial charge in [-0.1, -0.05) is 31.2 Å². The number of hydrogen-bond donors (Lipinski definition) is 1. The largest absolute Gasteiger partial charge is 0.465 e. The number of ether oxygens (including phenoxy) is 2. The van der Waals surface area contributed by atoms with Crippen LogP contribution in [0, 0.1) is 11.8 Å². The first-order valence-corrected chi connectivity index (χ1v) is 11.2. The summed E-state index contributed by atoms with van der Waals surface area (Å²) in [6.45, 7) is 7.82. The number of rotatable bonds is 4. The molecule has 0 saturated carbocycles. The highest BCUT2D eigenvalue weighted by atomic mass is 16.6. The van der Waals surface area contributed by atoms with Crippen LogP contribution in [0.2, 0.25) is 0 Å². The Kier molecular flexibility index (Phi) is 5.50. The number of nitrogens with zero attached hydrogens (tertiary/aromatic N) is 2. The van der Waals surface area contributed by atoms with E-state index in [1.54, 1.807) is 11.8 Å². The Bertz CT molecular complexity index is 838. The number of aliphatic hydroxyl groups is 1. The van der Waals surface area contributed by atoms with Crippen molar-refractivity contribution >= 4 is 17.8 Å². The highest BCUT2D eigenvalue weighted by Crippen LogP contribution is 2.58. The average Bonchev–Trinajstić information content (AvgIpc) is 3.08. The molecule has 0 radical (unpaired) electrons. The van der Waals surface area contributed by atoms with Crippen LogP contribution < -0.4 is 0 Å². The molecule has 0 aromatic rings. The van der Waals surface area contributed by atoms with Gasteiger partial charge in [0.2, 0.25) is 11.8 Å². The molecule has 1 spiro atoms. The third kappa shape index (κ3) is 2.98. The van der Waals surface area contributed by atoms with Crippen LogP contribution in [0.1, 0.15) is 40.5 Å². The van der Waals surface area contributed by atoms with E-state index in [0.717, 1.165) is 0 Å². The van der Waals surface area contributed by atoms with Crippen molar-refractivity contribution in [2.75, 3.05) is 19.8 Å². The predicted molar refractivity (Wildman–Crippen MR) is 112 cm³/mol. The number of amides is 2. The molecule has 6 atom stereocenters. The van der Waals surface area contributed by atoms with Gasteiger partial charge < -0.3 is 24.4 Å². The first kappa shape index (κ1) is 22.0. The van der Waals surface area contributed by atoms with Gasteiger partial charge in [0.25, 0.3) is 0 Å². The topological polar surface area (TPSA) is 96.4 Å². The number of aliphatic hydroxyl groups excluding tert-OH is 1. The molecule has 8 heteroatoms. The lowest BCUT2D eigenvalue weighted by atomic mass is 9.73. The molecule has 31 heavy (non-hydrogen) atoms. The summed E-state index contributed by atoms with van der Waals surface area (Å²) in [5.41, 5.74) is -2.32. The van der Waals surface area contributed by atoms with Crippen molar-refractivity contribution in [1.29, 1.82) is 0 Å². The molecule has 4 heterocycles. The Labute approximate surface area is 182 Å². The maximum atomic E-state index is 13.8. The lowest BCUT2D eigenvalue weighted by Gasteiger charge is -2.40. The summed E-state index contributed by atoms with van der Waals surface area (Å²) in [5.74, 6) is -2.79. The minimum atomic E-state index is -1.30.